The van der Waals surface area contributed by atoms with Gasteiger partial charge in [0.05, 0.1) is 11.3 Å². The number of anilines is 2. The van der Waals surface area contributed by atoms with Gasteiger partial charge in [-0.25, -0.2) is 9.37 Å². The number of likely N-dealkylation sites (N-methyl/N-ethyl adjacent to an activating group) is 2. The number of pyridine rings is 1. The summed E-state index contributed by atoms with van der Waals surface area (Å²) in [6.07, 6.45) is 1.58. The lowest BCUT2D eigenvalue weighted by Gasteiger charge is -2.07. The summed E-state index contributed by atoms with van der Waals surface area (Å²) in [4.78, 5) is 31.6. The summed E-state index contributed by atoms with van der Waals surface area (Å²) >= 11 is 0. The van der Waals surface area contributed by atoms with Gasteiger partial charge in [-0.1, -0.05) is 0 Å². The molecule has 2 aliphatic rings. The molecule has 25 heavy (non-hydrogen) atoms. The van der Waals surface area contributed by atoms with Crippen molar-refractivity contribution in [2.75, 3.05) is 23.9 Å². The zero-order valence-corrected chi connectivity index (χ0v) is 13.4. The van der Waals surface area contributed by atoms with Crippen LogP contribution in [0.4, 0.5) is 15.9 Å². The first-order valence-electron chi connectivity index (χ1n) is 7.46. The lowest BCUT2D eigenvalue weighted by molar-refractivity contribution is -0.112. The Kier molecular flexibility index (Phi) is 3.21. The standard InChI is InChI=1S/C17H12FN5O2/c1-22-12-6-5-9(18)8-11(12)14(16(22)24)21-20-13-10-4-3-7-19-15(10)23(2)17(13)25/h3-8H,1-2H3/b20-13-,21-14-. The largest absolute Gasteiger partial charge is 0.309 e. The minimum absolute atomic E-state index is 0.00251. The van der Waals surface area contributed by atoms with Gasteiger partial charge in [0.15, 0.2) is 11.4 Å². The first-order chi connectivity index (χ1) is 12.0. The number of aromatic nitrogens is 1. The molecule has 2 aromatic rings. The summed E-state index contributed by atoms with van der Waals surface area (Å²) in [6, 6.07) is 7.40. The number of halogens is 1. The van der Waals surface area contributed by atoms with E-state index in [4.69, 9.17) is 0 Å². The van der Waals surface area contributed by atoms with Crippen LogP contribution in [-0.4, -0.2) is 42.3 Å². The van der Waals surface area contributed by atoms with Gasteiger partial charge < -0.3 is 4.90 Å². The molecule has 0 saturated heterocycles. The van der Waals surface area contributed by atoms with Crippen LogP contribution in [0.3, 0.4) is 0 Å². The molecule has 0 radical (unpaired) electrons. The average Bonchev–Trinajstić information content (AvgIpc) is 2.99. The van der Waals surface area contributed by atoms with E-state index < -0.39 is 11.7 Å². The molecular weight excluding hydrogens is 325 g/mol. The van der Waals surface area contributed by atoms with Crippen molar-refractivity contribution in [3.8, 4) is 0 Å². The summed E-state index contributed by atoms with van der Waals surface area (Å²) in [5.41, 5.74) is 1.53. The molecule has 124 valence electrons. The number of fused-ring (bicyclic) bond motifs is 2. The van der Waals surface area contributed by atoms with E-state index in [-0.39, 0.29) is 17.3 Å². The average molecular weight is 337 g/mol. The van der Waals surface area contributed by atoms with Gasteiger partial charge in [0.2, 0.25) is 0 Å². The highest BCUT2D eigenvalue weighted by Crippen LogP contribution is 2.29. The normalized spacial score (nSPS) is 19.2. The maximum absolute atomic E-state index is 13.6. The minimum atomic E-state index is -0.478. The number of hydrogen-bond donors (Lipinski definition) is 0. The molecule has 2 aliphatic heterocycles. The summed E-state index contributed by atoms with van der Waals surface area (Å²) in [6.45, 7) is 0. The van der Waals surface area contributed by atoms with E-state index in [2.05, 4.69) is 15.2 Å². The van der Waals surface area contributed by atoms with Gasteiger partial charge in [0.1, 0.15) is 11.6 Å². The molecule has 4 rings (SSSR count). The molecule has 1 aromatic carbocycles. The lowest BCUT2D eigenvalue weighted by atomic mass is 10.1. The molecule has 0 unspecified atom stereocenters. The van der Waals surface area contributed by atoms with Crippen molar-refractivity contribution in [3.05, 3.63) is 53.5 Å². The van der Waals surface area contributed by atoms with Crippen LogP contribution in [0, 0.1) is 5.82 Å². The predicted octanol–water partition coefficient (Wildman–Crippen LogP) is 1.37. The maximum Gasteiger partial charge on any atom is 0.280 e. The van der Waals surface area contributed by atoms with Crippen molar-refractivity contribution < 1.29 is 14.0 Å². The Bertz CT molecular complexity index is 998. The smallest absolute Gasteiger partial charge is 0.280 e. The molecule has 2 amide bonds. The van der Waals surface area contributed by atoms with Crippen LogP contribution in [0.5, 0.6) is 0 Å². The SMILES string of the molecule is CN1C(=O)/C(=N\N=C2/C(=O)N(C)c3ncccc32)c2cc(F)ccc21. The fourth-order valence-electron chi connectivity index (χ4n) is 2.89. The van der Waals surface area contributed by atoms with E-state index in [0.29, 0.717) is 22.6 Å². The highest BCUT2D eigenvalue weighted by atomic mass is 19.1. The molecule has 1 aromatic heterocycles. The van der Waals surface area contributed by atoms with Gasteiger partial charge in [0, 0.05) is 25.9 Å². The van der Waals surface area contributed by atoms with Gasteiger partial charge in [-0.2, -0.15) is 0 Å². The third kappa shape index (κ3) is 2.14. The van der Waals surface area contributed by atoms with Gasteiger partial charge in [0.25, 0.3) is 11.8 Å². The third-order valence-corrected chi connectivity index (χ3v) is 4.20. The van der Waals surface area contributed by atoms with Gasteiger partial charge in [-0.15, -0.1) is 10.2 Å². The fraction of sp³-hybridized carbons (Fsp3) is 0.118. The lowest BCUT2D eigenvalue weighted by Crippen LogP contribution is -2.27. The van der Waals surface area contributed by atoms with Crippen molar-refractivity contribution >= 4 is 34.7 Å². The van der Waals surface area contributed by atoms with Crippen LogP contribution < -0.4 is 9.80 Å². The number of carbonyl (C=O) groups is 2. The third-order valence-electron chi connectivity index (χ3n) is 4.20. The molecule has 0 N–H and O–H groups in total. The summed E-state index contributed by atoms with van der Waals surface area (Å²) in [5, 5.41) is 7.97. The van der Waals surface area contributed by atoms with Crippen LogP contribution in [0.25, 0.3) is 0 Å². The minimum Gasteiger partial charge on any atom is -0.309 e. The Morgan fingerprint density at radius 3 is 2.40 bits per heavy atom. The second-order valence-corrected chi connectivity index (χ2v) is 5.66. The maximum atomic E-state index is 13.6. The van der Waals surface area contributed by atoms with Crippen LogP contribution >= 0.6 is 0 Å². The Morgan fingerprint density at radius 1 is 0.960 bits per heavy atom. The number of amides is 2. The first kappa shape index (κ1) is 15.1. The molecule has 0 aliphatic carbocycles. The van der Waals surface area contributed by atoms with Crippen LogP contribution in [0.1, 0.15) is 11.1 Å². The van der Waals surface area contributed by atoms with Crippen molar-refractivity contribution in [1.29, 1.82) is 0 Å². The molecule has 3 heterocycles. The number of carbonyl (C=O) groups excluding carboxylic acids is 2. The van der Waals surface area contributed by atoms with Crippen molar-refractivity contribution in [1.82, 2.24) is 4.98 Å². The first-order valence-corrected chi connectivity index (χ1v) is 7.46. The molecule has 0 saturated carbocycles. The fourth-order valence-corrected chi connectivity index (χ4v) is 2.89. The van der Waals surface area contributed by atoms with E-state index in [1.807, 2.05) is 0 Å². The van der Waals surface area contributed by atoms with E-state index in [1.165, 1.54) is 28.0 Å². The van der Waals surface area contributed by atoms with Crippen molar-refractivity contribution in [3.63, 3.8) is 0 Å². The van der Waals surface area contributed by atoms with E-state index in [0.717, 1.165) is 0 Å². The van der Waals surface area contributed by atoms with Crippen molar-refractivity contribution in [2.24, 2.45) is 10.2 Å². The second kappa shape index (κ2) is 5.30. The number of nitrogens with zero attached hydrogens (tertiary/aromatic N) is 5. The number of rotatable bonds is 1. The van der Waals surface area contributed by atoms with Crippen LogP contribution in [0.2, 0.25) is 0 Å². The molecule has 0 fully saturated rings. The quantitative estimate of drug-likeness (QED) is 0.737. The van der Waals surface area contributed by atoms with Crippen LogP contribution in [-0.2, 0) is 9.59 Å². The summed E-state index contributed by atoms with van der Waals surface area (Å²) in [5.74, 6) is -0.771. The van der Waals surface area contributed by atoms with Crippen LogP contribution in [0.15, 0.2) is 46.7 Å². The number of hydrogen-bond acceptors (Lipinski definition) is 5. The number of benzene rings is 1. The zero-order valence-electron chi connectivity index (χ0n) is 13.4. The summed E-state index contributed by atoms with van der Waals surface area (Å²) < 4.78 is 13.6. The zero-order chi connectivity index (χ0) is 17.7. The monoisotopic (exact) mass is 337 g/mol. The highest BCUT2D eigenvalue weighted by molar-refractivity contribution is 6.55. The molecule has 8 heteroatoms. The van der Waals surface area contributed by atoms with E-state index in [1.54, 1.807) is 32.4 Å². The second-order valence-electron chi connectivity index (χ2n) is 5.66. The van der Waals surface area contributed by atoms with Crippen molar-refractivity contribution in [2.45, 2.75) is 0 Å². The Morgan fingerprint density at radius 2 is 1.64 bits per heavy atom. The van der Waals surface area contributed by atoms with Gasteiger partial charge >= 0.3 is 0 Å². The molecule has 0 spiro atoms. The van der Waals surface area contributed by atoms with Gasteiger partial charge in [-0.3, -0.25) is 14.5 Å². The Hall–Kier alpha value is -3.42. The Labute approximate surface area is 142 Å². The molecule has 7 nitrogen and oxygen atoms in total. The molecule has 0 atom stereocenters. The summed E-state index contributed by atoms with van der Waals surface area (Å²) in [7, 11) is 3.16. The van der Waals surface area contributed by atoms with E-state index >= 15 is 0 Å². The molecular formula is C17H12FN5O2. The Balaban J connectivity index is 1.83. The predicted molar refractivity (Wildman–Crippen MR) is 90.5 cm³/mol. The highest BCUT2D eigenvalue weighted by Gasteiger charge is 2.34. The van der Waals surface area contributed by atoms with Gasteiger partial charge in [-0.05, 0) is 30.3 Å². The van der Waals surface area contributed by atoms with E-state index in [9.17, 15) is 14.0 Å². The topological polar surface area (TPSA) is 78.2 Å². The molecule has 0 bridgehead atoms.